The number of amidine groups is 1. The summed E-state index contributed by atoms with van der Waals surface area (Å²) in [5.41, 5.74) is 5.65. The molecule has 0 aliphatic heterocycles. The van der Waals surface area contributed by atoms with E-state index in [4.69, 9.17) is 10.9 Å². The van der Waals surface area contributed by atoms with Gasteiger partial charge in [0.15, 0.2) is 5.84 Å². The lowest BCUT2D eigenvalue weighted by Crippen LogP contribution is -2.48. The Balaban J connectivity index is 2.62. The largest absolute Gasteiger partial charge is 0.409 e. The monoisotopic (exact) mass is 227 g/mol. The van der Waals surface area contributed by atoms with Crippen LogP contribution in [0, 0.1) is 11.8 Å². The van der Waals surface area contributed by atoms with Crippen LogP contribution in [0.4, 0.5) is 0 Å². The fourth-order valence-electron chi connectivity index (χ4n) is 2.85. The summed E-state index contributed by atoms with van der Waals surface area (Å²) < 4.78 is 0. The summed E-state index contributed by atoms with van der Waals surface area (Å²) in [7, 11) is 2.07. The molecule has 4 heteroatoms. The maximum atomic E-state index is 8.69. The lowest BCUT2D eigenvalue weighted by atomic mass is 9.79. The van der Waals surface area contributed by atoms with Gasteiger partial charge in [-0.05, 0) is 45.1 Å². The number of oxime groups is 1. The molecular formula is C12H25N3O. The second-order valence-corrected chi connectivity index (χ2v) is 5.44. The molecule has 0 radical (unpaired) electrons. The van der Waals surface area contributed by atoms with Gasteiger partial charge in [-0.25, -0.2) is 0 Å². The zero-order valence-electron chi connectivity index (χ0n) is 10.8. The highest BCUT2D eigenvalue weighted by Crippen LogP contribution is 2.31. The van der Waals surface area contributed by atoms with E-state index < -0.39 is 0 Å². The van der Waals surface area contributed by atoms with E-state index in [0.717, 1.165) is 11.8 Å². The van der Waals surface area contributed by atoms with E-state index in [-0.39, 0.29) is 6.04 Å². The number of hydrogen-bond acceptors (Lipinski definition) is 3. The van der Waals surface area contributed by atoms with Crippen LogP contribution < -0.4 is 5.73 Å². The Labute approximate surface area is 98.5 Å². The predicted molar refractivity (Wildman–Crippen MR) is 66.6 cm³/mol. The highest BCUT2D eigenvalue weighted by atomic mass is 16.4. The van der Waals surface area contributed by atoms with Gasteiger partial charge in [0, 0.05) is 6.04 Å². The molecule has 0 amide bonds. The fraction of sp³-hybridized carbons (Fsp3) is 0.917. The Kier molecular flexibility index (Phi) is 4.59. The first kappa shape index (κ1) is 13.3. The van der Waals surface area contributed by atoms with Crippen molar-refractivity contribution in [1.82, 2.24) is 4.90 Å². The van der Waals surface area contributed by atoms with E-state index >= 15 is 0 Å². The molecule has 1 aliphatic carbocycles. The highest BCUT2D eigenvalue weighted by molar-refractivity contribution is 5.84. The van der Waals surface area contributed by atoms with Gasteiger partial charge in [-0.2, -0.15) is 0 Å². The molecule has 1 saturated carbocycles. The van der Waals surface area contributed by atoms with Crippen LogP contribution in [0.1, 0.15) is 40.0 Å². The fourth-order valence-corrected chi connectivity index (χ4v) is 2.85. The zero-order valence-corrected chi connectivity index (χ0v) is 10.8. The summed E-state index contributed by atoms with van der Waals surface area (Å²) in [6.45, 7) is 6.61. The number of nitrogens with zero attached hydrogens (tertiary/aromatic N) is 2. The van der Waals surface area contributed by atoms with E-state index in [1.54, 1.807) is 0 Å². The average Bonchev–Trinajstić information content (AvgIpc) is 2.24. The zero-order chi connectivity index (χ0) is 12.3. The van der Waals surface area contributed by atoms with Crippen molar-refractivity contribution in [3.8, 4) is 0 Å². The highest BCUT2D eigenvalue weighted by Gasteiger charge is 2.29. The van der Waals surface area contributed by atoms with Gasteiger partial charge < -0.3 is 10.9 Å². The average molecular weight is 227 g/mol. The first-order chi connectivity index (χ1) is 7.45. The molecule has 1 fully saturated rings. The van der Waals surface area contributed by atoms with E-state index in [2.05, 4.69) is 31.0 Å². The topological polar surface area (TPSA) is 61.8 Å². The Bertz CT molecular complexity index is 245. The third kappa shape index (κ3) is 3.11. The minimum atomic E-state index is 0.00694. The molecule has 94 valence electrons. The molecule has 3 N–H and O–H groups in total. The first-order valence-corrected chi connectivity index (χ1v) is 6.15. The first-order valence-electron chi connectivity index (χ1n) is 6.15. The number of likely N-dealkylation sites (N-methyl/N-ethyl adjacent to an activating group) is 1. The van der Waals surface area contributed by atoms with Gasteiger partial charge >= 0.3 is 0 Å². The van der Waals surface area contributed by atoms with Gasteiger partial charge in [0.25, 0.3) is 0 Å². The Morgan fingerprint density at radius 2 is 1.81 bits per heavy atom. The third-order valence-corrected chi connectivity index (χ3v) is 3.88. The van der Waals surface area contributed by atoms with E-state index in [1.165, 1.54) is 19.3 Å². The van der Waals surface area contributed by atoms with Gasteiger partial charge in [0.05, 0.1) is 6.04 Å². The molecule has 1 aliphatic rings. The summed E-state index contributed by atoms with van der Waals surface area (Å²) in [6.07, 6.45) is 3.75. The maximum Gasteiger partial charge on any atom is 0.156 e. The van der Waals surface area contributed by atoms with Crippen LogP contribution in [-0.4, -0.2) is 35.1 Å². The molecule has 4 nitrogen and oxygen atoms in total. The van der Waals surface area contributed by atoms with Crippen molar-refractivity contribution in [2.45, 2.75) is 52.1 Å². The van der Waals surface area contributed by atoms with Crippen molar-refractivity contribution in [1.29, 1.82) is 0 Å². The third-order valence-electron chi connectivity index (χ3n) is 3.88. The minimum absolute atomic E-state index is 0.00694. The van der Waals surface area contributed by atoms with Crippen LogP contribution >= 0.6 is 0 Å². The lowest BCUT2D eigenvalue weighted by Gasteiger charge is -2.39. The Hall–Kier alpha value is -0.770. The van der Waals surface area contributed by atoms with Crippen LogP contribution in [0.25, 0.3) is 0 Å². The lowest BCUT2D eigenvalue weighted by molar-refractivity contribution is 0.121. The smallest absolute Gasteiger partial charge is 0.156 e. The number of rotatable bonds is 3. The van der Waals surface area contributed by atoms with Crippen LogP contribution in [0.15, 0.2) is 5.16 Å². The normalized spacial score (nSPS) is 34.1. The second kappa shape index (κ2) is 5.53. The Morgan fingerprint density at radius 3 is 2.25 bits per heavy atom. The van der Waals surface area contributed by atoms with Crippen molar-refractivity contribution in [3.05, 3.63) is 0 Å². The van der Waals surface area contributed by atoms with E-state index in [0.29, 0.717) is 11.9 Å². The molecule has 0 aromatic carbocycles. The molecule has 0 bridgehead atoms. The molecule has 0 saturated heterocycles. The van der Waals surface area contributed by atoms with Crippen molar-refractivity contribution < 1.29 is 5.21 Å². The standard InChI is InChI=1S/C12H25N3O/c1-8-5-9(2)7-11(6-8)15(4)10(3)12(13)14-16/h8-11,16H,5-7H2,1-4H3,(H2,13,14). The Morgan fingerprint density at radius 1 is 1.31 bits per heavy atom. The molecule has 16 heavy (non-hydrogen) atoms. The second-order valence-electron chi connectivity index (χ2n) is 5.44. The quantitative estimate of drug-likeness (QED) is 0.335. The molecule has 0 heterocycles. The summed E-state index contributed by atoms with van der Waals surface area (Å²) >= 11 is 0. The number of hydrogen-bond donors (Lipinski definition) is 2. The summed E-state index contributed by atoms with van der Waals surface area (Å²) in [4.78, 5) is 2.24. The van der Waals surface area contributed by atoms with Crippen LogP contribution in [-0.2, 0) is 0 Å². The molecule has 0 aromatic heterocycles. The molecular weight excluding hydrogens is 202 g/mol. The van der Waals surface area contributed by atoms with Crippen molar-refractivity contribution >= 4 is 5.84 Å². The van der Waals surface area contributed by atoms with Gasteiger partial charge in [-0.15, -0.1) is 0 Å². The van der Waals surface area contributed by atoms with Crippen molar-refractivity contribution in [2.24, 2.45) is 22.7 Å². The van der Waals surface area contributed by atoms with Crippen molar-refractivity contribution in [2.75, 3.05) is 7.05 Å². The van der Waals surface area contributed by atoms with Crippen LogP contribution in [0.3, 0.4) is 0 Å². The molecule has 1 rings (SSSR count). The molecule has 3 atom stereocenters. The van der Waals surface area contributed by atoms with E-state index in [1.807, 2.05) is 6.92 Å². The predicted octanol–water partition coefficient (Wildman–Crippen LogP) is 1.88. The van der Waals surface area contributed by atoms with Gasteiger partial charge in [0.1, 0.15) is 0 Å². The summed E-state index contributed by atoms with van der Waals surface area (Å²) in [5, 5.41) is 11.8. The minimum Gasteiger partial charge on any atom is -0.409 e. The van der Waals surface area contributed by atoms with Gasteiger partial charge in [0.2, 0.25) is 0 Å². The summed E-state index contributed by atoms with van der Waals surface area (Å²) in [6, 6.07) is 0.557. The SMILES string of the molecule is CC1CC(C)CC(N(C)C(C)C(N)=NO)C1. The van der Waals surface area contributed by atoms with Crippen molar-refractivity contribution in [3.63, 3.8) is 0 Å². The van der Waals surface area contributed by atoms with Crippen LogP contribution in [0.5, 0.6) is 0 Å². The van der Waals surface area contributed by atoms with Gasteiger partial charge in [-0.1, -0.05) is 19.0 Å². The van der Waals surface area contributed by atoms with Gasteiger partial charge in [-0.3, -0.25) is 4.90 Å². The maximum absolute atomic E-state index is 8.69. The molecule has 0 spiro atoms. The molecule has 0 aromatic rings. The summed E-state index contributed by atoms with van der Waals surface area (Å²) in [5.74, 6) is 1.85. The van der Waals surface area contributed by atoms with Crippen LogP contribution in [0.2, 0.25) is 0 Å². The van der Waals surface area contributed by atoms with E-state index in [9.17, 15) is 0 Å². The number of nitrogens with two attached hydrogens (primary N) is 1. The molecule has 3 unspecified atom stereocenters.